The molecular weight excluding hydrogens is 202 g/mol. The first-order valence-corrected chi connectivity index (χ1v) is 5.35. The molecule has 1 N–H and O–H groups in total. The maximum Gasteiger partial charge on any atom is 0.122 e. The van der Waals surface area contributed by atoms with E-state index in [2.05, 4.69) is 10.1 Å². The van der Waals surface area contributed by atoms with E-state index < -0.39 is 6.10 Å². The molecule has 0 aliphatic rings. The Bertz CT molecular complexity index is 479. The maximum atomic E-state index is 10.3. The Morgan fingerprint density at radius 1 is 1.38 bits per heavy atom. The Morgan fingerprint density at radius 2 is 2.19 bits per heavy atom. The minimum Gasteiger partial charge on any atom is -0.382 e. The average molecular weight is 217 g/mol. The molecule has 84 valence electrons. The van der Waals surface area contributed by atoms with E-state index in [9.17, 15) is 5.11 Å². The Labute approximate surface area is 94.6 Å². The molecule has 1 unspecified atom stereocenters. The summed E-state index contributed by atoms with van der Waals surface area (Å²) in [6, 6.07) is 5.55. The van der Waals surface area contributed by atoms with E-state index in [-0.39, 0.29) is 0 Å². The predicted octanol–water partition coefficient (Wildman–Crippen LogP) is 1.69. The largest absolute Gasteiger partial charge is 0.382 e. The van der Waals surface area contributed by atoms with E-state index in [1.54, 1.807) is 17.1 Å². The summed E-state index contributed by atoms with van der Waals surface area (Å²) >= 11 is 0. The standard InChI is InChI=1S/C12H15N3O/c1-3-15-11(6-8-14-15)12(16)10-5-4-7-13-9(10)2/h4-8,12,16H,3H2,1-2H3. The van der Waals surface area contributed by atoms with Crippen molar-refractivity contribution in [1.29, 1.82) is 0 Å². The summed E-state index contributed by atoms with van der Waals surface area (Å²) in [6.07, 6.45) is 2.77. The van der Waals surface area contributed by atoms with Gasteiger partial charge < -0.3 is 5.11 Å². The van der Waals surface area contributed by atoms with Crippen LogP contribution in [-0.2, 0) is 6.54 Å². The molecule has 0 bridgehead atoms. The second-order valence-electron chi connectivity index (χ2n) is 3.65. The normalized spacial score (nSPS) is 12.7. The number of rotatable bonds is 3. The molecule has 2 aromatic rings. The van der Waals surface area contributed by atoms with E-state index in [1.165, 1.54) is 0 Å². The summed E-state index contributed by atoms with van der Waals surface area (Å²) in [7, 11) is 0. The predicted molar refractivity (Wildman–Crippen MR) is 60.9 cm³/mol. The molecule has 0 amide bonds. The zero-order valence-corrected chi connectivity index (χ0v) is 9.46. The SMILES string of the molecule is CCn1nccc1C(O)c1cccnc1C. The first-order chi connectivity index (χ1) is 7.74. The minimum absolute atomic E-state index is 0.656. The lowest BCUT2D eigenvalue weighted by Gasteiger charge is -2.14. The fourth-order valence-electron chi connectivity index (χ4n) is 1.78. The minimum atomic E-state index is -0.656. The first-order valence-electron chi connectivity index (χ1n) is 5.35. The van der Waals surface area contributed by atoms with Gasteiger partial charge in [0.15, 0.2) is 0 Å². The van der Waals surface area contributed by atoms with E-state index >= 15 is 0 Å². The van der Waals surface area contributed by atoms with Gasteiger partial charge in [-0.3, -0.25) is 9.67 Å². The lowest BCUT2D eigenvalue weighted by atomic mass is 10.1. The van der Waals surface area contributed by atoms with E-state index in [0.29, 0.717) is 0 Å². The number of pyridine rings is 1. The third-order valence-corrected chi connectivity index (χ3v) is 2.67. The van der Waals surface area contributed by atoms with Crippen molar-refractivity contribution in [3.05, 3.63) is 47.5 Å². The van der Waals surface area contributed by atoms with Crippen LogP contribution < -0.4 is 0 Å². The van der Waals surface area contributed by atoms with Gasteiger partial charge in [0.25, 0.3) is 0 Å². The molecule has 0 aliphatic heterocycles. The van der Waals surface area contributed by atoms with Crippen LogP contribution in [0.1, 0.15) is 30.0 Å². The van der Waals surface area contributed by atoms with Gasteiger partial charge in [-0.25, -0.2) is 0 Å². The Morgan fingerprint density at radius 3 is 2.88 bits per heavy atom. The van der Waals surface area contributed by atoms with Crippen molar-refractivity contribution in [2.75, 3.05) is 0 Å². The Balaban J connectivity index is 2.39. The summed E-state index contributed by atoms with van der Waals surface area (Å²) in [4.78, 5) is 4.18. The zero-order valence-electron chi connectivity index (χ0n) is 9.46. The second-order valence-corrected chi connectivity index (χ2v) is 3.65. The number of aliphatic hydroxyl groups excluding tert-OH is 1. The van der Waals surface area contributed by atoms with E-state index in [0.717, 1.165) is 23.5 Å². The first kappa shape index (κ1) is 10.8. The van der Waals surface area contributed by atoms with Crippen LogP contribution in [0.2, 0.25) is 0 Å². The van der Waals surface area contributed by atoms with Crippen molar-refractivity contribution in [3.63, 3.8) is 0 Å². The summed E-state index contributed by atoms with van der Waals surface area (Å²) in [5.74, 6) is 0. The van der Waals surface area contributed by atoms with Crippen molar-refractivity contribution in [2.45, 2.75) is 26.5 Å². The molecule has 0 fully saturated rings. The summed E-state index contributed by atoms with van der Waals surface area (Å²) in [6.45, 7) is 4.64. The van der Waals surface area contributed by atoms with Gasteiger partial charge in [-0.15, -0.1) is 0 Å². The van der Waals surface area contributed by atoms with Crippen LogP contribution in [0.3, 0.4) is 0 Å². The molecule has 2 aromatic heterocycles. The van der Waals surface area contributed by atoms with Gasteiger partial charge in [0.1, 0.15) is 6.10 Å². The number of nitrogens with zero attached hydrogens (tertiary/aromatic N) is 3. The van der Waals surface area contributed by atoms with Crippen LogP contribution in [0, 0.1) is 6.92 Å². The van der Waals surface area contributed by atoms with Gasteiger partial charge in [-0.05, 0) is 26.0 Å². The number of aryl methyl sites for hydroxylation is 2. The molecular formula is C12H15N3O. The number of aliphatic hydroxyl groups is 1. The fraction of sp³-hybridized carbons (Fsp3) is 0.333. The fourth-order valence-corrected chi connectivity index (χ4v) is 1.78. The topological polar surface area (TPSA) is 50.9 Å². The molecule has 2 rings (SSSR count). The Hall–Kier alpha value is -1.68. The molecule has 4 heteroatoms. The molecule has 0 radical (unpaired) electrons. The van der Waals surface area contributed by atoms with E-state index in [4.69, 9.17) is 0 Å². The highest BCUT2D eigenvalue weighted by Crippen LogP contribution is 2.23. The maximum absolute atomic E-state index is 10.3. The molecule has 16 heavy (non-hydrogen) atoms. The molecule has 0 spiro atoms. The van der Waals surface area contributed by atoms with Crippen LogP contribution in [0.4, 0.5) is 0 Å². The molecule has 2 heterocycles. The van der Waals surface area contributed by atoms with Crippen LogP contribution in [0.5, 0.6) is 0 Å². The highest BCUT2D eigenvalue weighted by molar-refractivity contribution is 5.28. The third-order valence-electron chi connectivity index (χ3n) is 2.67. The lowest BCUT2D eigenvalue weighted by Crippen LogP contribution is -2.10. The number of hydrogen-bond donors (Lipinski definition) is 1. The Kier molecular flexibility index (Phi) is 3.01. The summed E-state index contributed by atoms with van der Waals surface area (Å²) in [5, 5.41) is 14.4. The summed E-state index contributed by atoms with van der Waals surface area (Å²) < 4.78 is 1.79. The van der Waals surface area contributed by atoms with Gasteiger partial charge >= 0.3 is 0 Å². The monoisotopic (exact) mass is 217 g/mol. The van der Waals surface area contributed by atoms with Crippen molar-refractivity contribution in [2.24, 2.45) is 0 Å². The lowest BCUT2D eigenvalue weighted by molar-refractivity contribution is 0.207. The summed E-state index contributed by atoms with van der Waals surface area (Å²) in [5.41, 5.74) is 2.48. The third kappa shape index (κ3) is 1.84. The second kappa shape index (κ2) is 4.45. The molecule has 0 saturated carbocycles. The average Bonchev–Trinajstić information content (AvgIpc) is 2.77. The molecule has 0 saturated heterocycles. The van der Waals surface area contributed by atoms with E-state index in [1.807, 2.05) is 32.0 Å². The van der Waals surface area contributed by atoms with Gasteiger partial charge in [-0.1, -0.05) is 6.07 Å². The van der Waals surface area contributed by atoms with Crippen molar-refractivity contribution < 1.29 is 5.11 Å². The van der Waals surface area contributed by atoms with Crippen LogP contribution in [0.25, 0.3) is 0 Å². The van der Waals surface area contributed by atoms with Gasteiger partial charge in [0.2, 0.25) is 0 Å². The van der Waals surface area contributed by atoms with Crippen molar-refractivity contribution in [1.82, 2.24) is 14.8 Å². The zero-order chi connectivity index (χ0) is 11.5. The number of aromatic nitrogens is 3. The van der Waals surface area contributed by atoms with Crippen molar-refractivity contribution in [3.8, 4) is 0 Å². The molecule has 0 aromatic carbocycles. The quantitative estimate of drug-likeness (QED) is 0.851. The molecule has 1 atom stereocenters. The highest BCUT2D eigenvalue weighted by atomic mass is 16.3. The van der Waals surface area contributed by atoms with Gasteiger partial charge in [-0.2, -0.15) is 5.10 Å². The molecule has 4 nitrogen and oxygen atoms in total. The van der Waals surface area contributed by atoms with Crippen molar-refractivity contribution >= 4 is 0 Å². The smallest absolute Gasteiger partial charge is 0.122 e. The number of hydrogen-bond acceptors (Lipinski definition) is 3. The van der Waals surface area contributed by atoms with Crippen LogP contribution >= 0.6 is 0 Å². The molecule has 0 aliphatic carbocycles. The highest BCUT2D eigenvalue weighted by Gasteiger charge is 2.16. The van der Waals surface area contributed by atoms with Gasteiger partial charge in [0, 0.05) is 30.2 Å². The van der Waals surface area contributed by atoms with Crippen LogP contribution in [0.15, 0.2) is 30.6 Å². The van der Waals surface area contributed by atoms with Gasteiger partial charge in [0.05, 0.1) is 5.69 Å². The van der Waals surface area contributed by atoms with Crippen LogP contribution in [-0.4, -0.2) is 19.9 Å².